The highest BCUT2D eigenvalue weighted by Gasteiger charge is 2.09. The van der Waals surface area contributed by atoms with E-state index in [1.54, 1.807) is 6.92 Å². The summed E-state index contributed by atoms with van der Waals surface area (Å²) in [4.78, 5) is 11.5. The molecule has 0 bridgehead atoms. The van der Waals surface area contributed by atoms with Crippen LogP contribution in [0.15, 0.2) is 35.3 Å². The molecule has 2 nitrogen and oxygen atoms in total. The summed E-state index contributed by atoms with van der Waals surface area (Å²) in [5.74, 6) is -1.09. The van der Waals surface area contributed by atoms with Gasteiger partial charge in [0, 0.05) is 29.6 Å². The fourth-order valence-electron chi connectivity index (χ4n) is 1.70. The summed E-state index contributed by atoms with van der Waals surface area (Å²) in [6.07, 6.45) is 1.43. The number of aryl methyl sites for hydroxylation is 1. The molecular formula is C13H10ClF2NO. The topological polar surface area (TPSA) is 22.0 Å². The fourth-order valence-corrected chi connectivity index (χ4v) is 1.90. The molecule has 94 valence electrons. The first-order chi connectivity index (χ1) is 8.52. The van der Waals surface area contributed by atoms with Crippen molar-refractivity contribution in [2.75, 3.05) is 0 Å². The van der Waals surface area contributed by atoms with E-state index in [0.29, 0.717) is 11.3 Å². The Kier molecular flexibility index (Phi) is 3.48. The molecule has 0 atom stereocenters. The molecule has 0 spiro atoms. The standard InChI is InChI=1S/C13H10ClF2NO/c1-8-4-13(18)9(6-14)7-17(8)12-5-10(15)2-3-11(12)16/h2-5,7H,6H2,1H3. The summed E-state index contributed by atoms with van der Waals surface area (Å²) >= 11 is 5.63. The van der Waals surface area contributed by atoms with Crippen molar-refractivity contribution in [2.24, 2.45) is 0 Å². The lowest BCUT2D eigenvalue weighted by atomic mass is 10.2. The average Bonchev–Trinajstić information content (AvgIpc) is 2.33. The lowest BCUT2D eigenvalue weighted by molar-refractivity contribution is 0.591. The minimum absolute atomic E-state index is 0.0239. The minimum Gasteiger partial charge on any atom is -0.318 e. The molecule has 1 aromatic carbocycles. The first kappa shape index (κ1) is 12.8. The van der Waals surface area contributed by atoms with E-state index in [-0.39, 0.29) is 17.0 Å². The van der Waals surface area contributed by atoms with Gasteiger partial charge in [-0.2, -0.15) is 0 Å². The number of nitrogens with zero attached hydrogens (tertiary/aromatic N) is 1. The molecule has 0 saturated carbocycles. The summed E-state index contributed by atoms with van der Waals surface area (Å²) in [6, 6.07) is 4.51. The van der Waals surface area contributed by atoms with E-state index in [0.717, 1.165) is 18.2 Å². The molecule has 0 aliphatic rings. The third kappa shape index (κ3) is 2.29. The van der Waals surface area contributed by atoms with Crippen LogP contribution in [0.5, 0.6) is 0 Å². The molecule has 0 amide bonds. The van der Waals surface area contributed by atoms with E-state index < -0.39 is 11.6 Å². The largest absolute Gasteiger partial charge is 0.318 e. The summed E-state index contributed by atoms with van der Waals surface area (Å²) in [5.41, 5.74) is 0.693. The van der Waals surface area contributed by atoms with E-state index in [1.165, 1.54) is 16.8 Å². The number of alkyl halides is 1. The number of aromatic nitrogens is 1. The van der Waals surface area contributed by atoms with Crippen molar-refractivity contribution in [3.63, 3.8) is 0 Å². The van der Waals surface area contributed by atoms with Crippen LogP contribution in [-0.4, -0.2) is 4.57 Å². The van der Waals surface area contributed by atoms with Crippen LogP contribution in [0.2, 0.25) is 0 Å². The summed E-state index contributed by atoms with van der Waals surface area (Å²) < 4.78 is 28.2. The van der Waals surface area contributed by atoms with Crippen molar-refractivity contribution >= 4 is 11.6 Å². The van der Waals surface area contributed by atoms with Crippen molar-refractivity contribution in [3.05, 3.63) is 63.6 Å². The Morgan fingerprint density at radius 1 is 1.28 bits per heavy atom. The number of rotatable bonds is 2. The van der Waals surface area contributed by atoms with Crippen LogP contribution in [0.3, 0.4) is 0 Å². The third-order valence-electron chi connectivity index (χ3n) is 2.63. The summed E-state index contributed by atoms with van der Waals surface area (Å²) in [7, 11) is 0. The molecule has 18 heavy (non-hydrogen) atoms. The molecular weight excluding hydrogens is 260 g/mol. The van der Waals surface area contributed by atoms with Crippen LogP contribution in [0.25, 0.3) is 5.69 Å². The van der Waals surface area contributed by atoms with Crippen molar-refractivity contribution in [1.82, 2.24) is 4.57 Å². The Morgan fingerprint density at radius 3 is 2.67 bits per heavy atom. The molecule has 0 radical (unpaired) electrons. The Morgan fingerprint density at radius 2 is 2.00 bits per heavy atom. The minimum atomic E-state index is -0.566. The molecule has 0 saturated heterocycles. The van der Waals surface area contributed by atoms with Crippen LogP contribution in [0, 0.1) is 18.6 Å². The molecule has 0 unspecified atom stereocenters. The van der Waals surface area contributed by atoms with E-state index >= 15 is 0 Å². The van der Waals surface area contributed by atoms with Gasteiger partial charge in [0.1, 0.15) is 11.6 Å². The summed E-state index contributed by atoms with van der Waals surface area (Å²) in [6.45, 7) is 1.64. The van der Waals surface area contributed by atoms with Gasteiger partial charge < -0.3 is 4.57 Å². The first-order valence-electron chi connectivity index (χ1n) is 5.26. The normalized spacial score (nSPS) is 10.7. The van der Waals surface area contributed by atoms with Crippen molar-refractivity contribution in [3.8, 4) is 5.69 Å². The predicted molar refractivity (Wildman–Crippen MR) is 66.2 cm³/mol. The number of pyridine rings is 1. The maximum Gasteiger partial charge on any atom is 0.186 e. The van der Waals surface area contributed by atoms with E-state index in [4.69, 9.17) is 11.6 Å². The monoisotopic (exact) mass is 269 g/mol. The number of hydrogen-bond acceptors (Lipinski definition) is 1. The van der Waals surface area contributed by atoms with Crippen LogP contribution in [0.1, 0.15) is 11.3 Å². The van der Waals surface area contributed by atoms with E-state index in [9.17, 15) is 13.6 Å². The Labute approximate surface area is 107 Å². The number of benzene rings is 1. The fraction of sp³-hybridized carbons (Fsp3) is 0.154. The van der Waals surface area contributed by atoms with Gasteiger partial charge in [-0.05, 0) is 19.1 Å². The maximum atomic E-state index is 13.7. The molecule has 2 rings (SSSR count). The van der Waals surface area contributed by atoms with Crippen molar-refractivity contribution < 1.29 is 8.78 Å². The van der Waals surface area contributed by atoms with Gasteiger partial charge in [-0.1, -0.05) is 0 Å². The molecule has 2 aromatic rings. The zero-order valence-corrected chi connectivity index (χ0v) is 10.3. The second-order valence-corrected chi connectivity index (χ2v) is 4.17. The summed E-state index contributed by atoms with van der Waals surface area (Å²) in [5, 5.41) is 0. The number of halogens is 3. The number of hydrogen-bond donors (Lipinski definition) is 0. The quantitative estimate of drug-likeness (QED) is 0.768. The Hall–Kier alpha value is -1.68. The molecule has 5 heteroatoms. The van der Waals surface area contributed by atoms with Gasteiger partial charge in [0.25, 0.3) is 0 Å². The first-order valence-corrected chi connectivity index (χ1v) is 5.80. The van der Waals surface area contributed by atoms with Crippen LogP contribution in [-0.2, 0) is 5.88 Å². The third-order valence-corrected chi connectivity index (χ3v) is 2.92. The predicted octanol–water partition coefficient (Wildman–Crippen LogP) is 3.16. The molecule has 0 N–H and O–H groups in total. The Balaban J connectivity index is 2.70. The van der Waals surface area contributed by atoms with Crippen LogP contribution >= 0.6 is 11.6 Å². The zero-order valence-electron chi connectivity index (χ0n) is 9.58. The SMILES string of the molecule is Cc1cc(=O)c(CCl)cn1-c1cc(F)ccc1F. The lowest BCUT2D eigenvalue weighted by Gasteiger charge is -2.12. The maximum absolute atomic E-state index is 13.7. The highest BCUT2D eigenvalue weighted by atomic mass is 35.5. The van der Waals surface area contributed by atoms with Crippen molar-refractivity contribution in [2.45, 2.75) is 12.8 Å². The van der Waals surface area contributed by atoms with Gasteiger partial charge >= 0.3 is 0 Å². The van der Waals surface area contributed by atoms with Crippen LogP contribution in [0.4, 0.5) is 8.78 Å². The zero-order chi connectivity index (χ0) is 13.3. The average molecular weight is 270 g/mol. The smallest absolute Gasteiger partial charge is 0.186 e. The van der Waals surface area contributed by atoms with Gasteiger partial charge in [0.2, 0.25) is 0 Å². The van der Waals surface area contributed by atoms with Gasteiger partial charge in [0.05, 0.1) is 11.6 Å². The highest BCUT2D eigenvalue weighted by molar-refractivity contribution is 6.17. The highest BCUT2D eigenvalue weighted by Crippen LogP contribution is 2.17. The van der Waals surface area contributed by atoms with E-state index in [1.807, 2.05) is 0 Å². The molecule has 0 fully saturated rings. The van der Waals surface area contributed by atoms with Gasteiger partial charge in [-0.25, -0.2) is 8.78 Å². The molecule has 1 aromatic heterocycles. The lowest BCUT2D eigenvalue weighted by Crippen LogP contribution is -2.14. The molecule has 0 aliphatic heterocycles. The van der Waals surface area contributed by atoms with Crippen LogP contribution < -0.4 is 5.43 Å². The van der Waals surface area contributed by atoms with Gasteiger partial charge in [0.15, 0.2) is 5.43 Å². The van der Waals surface area contributed by atoms with Crippen molar-refractivity contribution in [1.29, 1.82) is 0 Å². The second-order valence-electron chi connectivity index (χ2n) is 3.90. The van der Waals surface area contributed by atoms with Gasteiger partial charge in [-0.3, -0.25) is 4.79 Å². The second kappa shape index (κ2) is 4.90. The molecule has 0 aliphatic carbocycles. The Bertz CT molecular complexity index is 652. The van der Waals surface area contributed by atoms with Gasteiger partial charge in [-0.15, -0.1) is 11.6 Å². The van der Waals surface area contributed by atoms with E-state index in [2.05, 4.69) is 0 Å². The molecule has 1 heterocycles.